The average molecular weight is 435 g/mol. The molecule has 1 saturated carbocycles. The number of carboxylic acid groups (broad SMARTS) is 1. The fourth-order valence-electron chi connectivity index (χ4n) is 5.13. The zero-order chi connectivity index (χ0) is 22.8. The van der Waals surface area contributed by atoms with E-state index in [9.17, 15) is 14.4 Å². The van der Waals surface area contributed by atoms with Crippen LogP contribution in [0.1, 0.15) is 67.1 Å². The van der Waals surface area contributed by atoms with Crippen LogP contribution in [0.3, 0.4) is 0 Å². The van der Waals surface area contributed by atoms with Gasteiger partial charge < -0.3 is 14.9 Å². The highest BCUT2D eigenvalue weighted by molar-refractivity contribution is 6.07. The molecule has 32 heavy (non-hydrogen) atoms. The Balaban J connectivity index is 1.69. The minimum Gasteiger partial charge on any atom is -0.481 e. The predicted molar refractivity (Wildman–Crippen MR) is 123 cm³/mol. The standard InChI is InChI=1S/C26H30N2O4/c1-3-17-9-11-18(12-10-17)26(32)28-21-8-6-5-7-19(21)25(20-13-14-22(20)28)27(4-2)23(29)15-16-24(30)31/h5-12,20,22,25H,3-4,13-16H2,1-2H3,(H,30,31)/t20-,22+,25+/m1/s1. The first-order valence-corrected chi connectivity index (χ1v) is 11.5. The van der Waals surface area contributed by atoms with Gasteiger partial charge in [0.1, 0.15) is 0 Å². The van der Waals surface area contributed by atoms with Crippen LogP contribution in [-0.4, -0.2) is 40.4 Å². The van der Waals surface area contributed by atoms with Gasteiger partial charge in [0.15, 0.2) is 0 Å². The molecule has 3 atom stereocenters. The van der Waals surface area contributed by atoms with Gasteiger partial charge in [0.05, 0.1) is 12.5 Å². The second-order valence-electron chi connectivity index (χ2n) is 8.61. The highest BCUT2D eigenvalue weighted by Crippen LogP contribution is 2.52. The van der Waals surface area contributed by atoms with Crippen molar-refractivity contribution in [3.05, 3.63) is 65.2 Å². The molecule has 0 unspecified atom stereocenters. The number of hydrogen-bond donors (Lipinski definition) is 1. The second-order valence-corrected chi connectivity index (χ2v) is 8.61. The van der Waals surface area contributed by atoms with E-state index >= 15 is 0 Å². The third-order valence-corrected chi connectivity index (χ3v) is 6.92. The van der Waals surface area contributed by atoms with Gasteiger partial charge in [-0.3, -0.25) is 14.4 Å². The Hall–Kier alpha value is -3.15. The molecule has 0 aromatic heterocycles. The molecule has 1 aliphatic heterocycles. The lowest BCUT2D eigenvalue weighted by molar-refractivity contribution is -0.142. The molecule has 0 saturated heterocycles. The number of amides is 2. The number of para-hydroxylation sites is 1. The van der Waals surface area contributed by atoms with Crippen molar-refractivity contribution in [2.24, 2.45) is 5.92 Å². The van der Waals surface area contributed by atoms with Crippen LogP contribution in [0.4, 0.5) is 5.69 Å². The SMILES string of the molecule is CCc1ccc(C(=O)N2c3ccccc3[C@H](N(CC)C(=O)CCC(=O)O)[C@@H]3CC[C@@H]32)cc1. The molecule has 2 aliphatic rings. The summed E-state index contributed by atoms with van der Waals surface area (Å²) in [6.45, 7) is 4.53. The third kappa shape index (κ3) is 3.90. The number of carboxylic acids is 1. The molecule has 1 heterocycles. The molecule has 6 nitrogen and oxygen atoms in total. The van der Waals surface area contributed by atoms with Gasteiger partial charge >= 0.3 is 5.97 Å². The minimum atomic E-state index is -0.967. The molecule has 2 aromatic carbocycles. The van der Waals surface area contributed by atoms with Gasteiger partial charge in [-0.25, -0.2) is 0 Å². The molecule has 2 aromatic rings. The van der Waals surface area contributed by atoms with Crippen LogP contribution in [0.2, 0.25) is 0 Å². The van der Waals surface area contributed by atoms with Crippen LogP contribution in [0.5, 0.6) is 0 Å². The van der Waals surface area contributed by atoms with E-state index in [0.717, 1.165) is 30.5 Å². The maximum Gasteiger partial charge on any atom is 0.303 e. The van der Waals surface area contributed by atoms with Crippen LogP contribution in [0.15, 0.2) is 48.5 Å². The van der Waals surface area contributed by atoms with Crippen LogP contribution >= 0.6 is 0 Å². The highest BCUT2D eigenvalue weighted by atomic mass is 16.4. The van der Waals surface area contributed by atoms with Gasteiger partial charge in [-0.2, -0.15) is 0 Å². The fraction of sp³-hybridized carbons (Fsp3) is 0.423. The monoisotopic (exact) mass is 434 g/mol. The fourth-order valence-corrected chi connectivity index (χ4v) is 5.13. The maximum atomic E-state index is 13.6. The second kappa shape index (κ2) is 9.15. The Morgan fingerprint density at radius 2 is 1.72 bits per heavy atom. The Kier molecular flexibility index (Phi) is 6.31. The summed E-state index contributed by atoms with van der Waals surface area (Å²) in [5, 5.41) is 9.01. The number of benzene rings is 2. The lowest BCUT2D eigenvalue weighted by Crippen LogP contribution is -2.58. The van der Waals surface area contributed by atoms with Crippen molar-refractivity contribution in [3.63, 3.8) is 0 Å². The summed E-state index contributed by atoms with van der Waals surface area (Å²) in [6.07, 6.45) is 2.58. The van der Waals surface area contributed by atoms with E-state index in [2.05, 4.69) is 6.92 Å². The molecular weight excluding hydrogens is 404 g/mol. The van der Waals surface area contributed by atoms with Crippen molar-refractivity contribution < 1.29 is 19.5 Å². The lowest BCUT2D eigenvalue weighted by atomic mass is 9.67. The molecule has 1 N–H and O–H groups in total. The Bertz CT molecular complexity index is 1020. The van der Waals surface area contributed by atoms with E-state index in [0.29, 0.717) is 12.1 Å². The summed E-state index contributed by atoms with van der Waals surface area (Å²) in [4.78, 5) is 41.3. The zero-order valence-corrected chi connectivity index (χ0v) is 18.7. The Labute approximate surface area is 188 Å². The number of rotatable bonds is 7. The Morgan fingerprint density at radius 1 is 1.00 bits per heavy atom. The number of aryl methyl sites for hydroxylation is 1. The lowest BCUT2D eigenvalue weighted by Gasteiger charge is -2.55. The zero-order valence-electron chi connectivity index (χ0n) is 18.7. The topological polar surface area (TPSA) is 77.9 Å². The molecule has 1 fully saturated rings. The number of carbonyl (C=O) groups excluding carboxylic acids is 2. The molecule has 2 amide bonds. The van der Waals surface area contributed by atoms with Gasteiger partial charge in [0.25, 0.3) is 5.91 Å². The molecular formula is C26H30N2O4. The number of carbonyl (C=O) groups is 3. The first kappa shape index (κ1) is 22.1. The Morgan fingerprint density at radius 3 is 2.31 bits per heavy atom. The van der Waals surface area contributed by atoms with Gasteiger partial charge in [0, 0.05) is 36.2 Å². The largest absolute Gasteiger partial charge is 0.481 e. The number of fused-ring (bicyclic) bond motifs is 2. The van der Waals surface area contributed by atoms with Crippen LogP contribution < -0.4 is 4.90 Å². The van der Waals surface area contributed by atoms with Crippen LogP contribution in [0.25, 0.3) is 0 Å². The first-order chi connectivity index (χ1) is 15.5. The van der Waals surface area contributed by atoms with E-state index in [1.165, 1.54) is 5.56 Å². The molecule has 0 radical (unpaired) electrons. The van der Waals surface area contributed by atoms with E-state index in [4.69, 9.17) is 5.11 Å². The van der Waals surface area contributed by atoms with Crippen molar-refractivity contribution in [1.29, 1.82) is 0 Å². The predicted octanol–water partition coefficient (Wildman–Crippen LogP) is 4.44. The summed E-state index contributed by atoms with van der Waals surface area (Å²) < 4.78 is 0. The molecule has 1 aliphatic carbocycles. The first-order valence-electron chi connectivity index (χ1n) is 11.5. The molecule has 0 spiro atoms. The molecule has 4 rings (SSSR count). The van der Waals surface area contributed by atoms with Crippen molar-refractivity contribution in [1.82, 2.24) is 4.90 Å². The third-order valence-electron chi connectivity index (χ3n) is 6.92. The van der Waals surface area contributed by atoms with Gasteiger partial charge in [-0.15, -0.1) is 0 Å². The molecule has 0 bridgehead atoms. The van der Waals surface area contributed by atoms with Crippen LogP contribution in [0, 0.1) is 5.92 Å². The summed E-state index contributed by atoms with van der Waals surface area (Å²) >= 11 is 0. The quantitative estimate of drug-likeness (QED) is 0.699. The van der Waals surface area contributed by atoms with E-state index in [1.54, 1.807) is 0 Å². The summed E-state index contributed by atoms with van der Waals surface area (Å²) in [5.74, 6) is -0.966. The van der Waals surface area contributed by atoms with Crippen molar-refractivity contribution in [3.8, 4) is 0 Å². The number of nitrogens with zero attached hydrogens (tertiary/aromatic N) is 2. The molecule has 6 heteroatoms. The maximum absolute atomic E-state index is 13.6. The van der Waals surface area contributed by atoms with Crippen LogP contribution in [-0.2, 0) is 16.0 Å². The highest BCUT2D eigenvalue weighted by Gasteiger charge is 2.50. The van der Waals surface area contributed by atoms with Gasteiger partial charge in [0.2, 0.25) is 5.91 Å². The molecule has 168 valence electrons. The summed E-state index contributed by atoms with van der Waals surface area (Å²) in [5.41, 5.74) is 3.69. The normalized spacial score (nSPS) is 21.2. The van der Waals surface area contributed by atoms with Crippen molar-refractivity contribution in [2.75, 3.05) is 11.4 Å². The minimum absolute atomic E-state index is 0.00601. The van der Waals surface area contributed by atoms with Crippen molar-refractivity contribution >= 4 is 23.5 Å². The van der Waals surface area contributed by atoms with Gasteiger partial charge in [-0.1, -0.05) is 37.3 Å². The van der Waals surface area contributed by atoms with E-state index < -0.39 is 5.97 Å². The average Bonchev–Trinajstić information content (AvgIpc) is 2.79. The summed E-state index contributed by atoms with van der Waals surface area (Å²) in [7, 11) is 0. The number of aliphatic carboxylic acids is 1. The van der Waals surface area contributed by atoms with E-state index in [1.807, 2.05) is 65.3 Å². The van der Waals surface area contributed by atoms with Crippen molar-refractivity contribution in [2.45, 2.75) is 58.0 Å². The smallest absolute Gasteiger partial charge is 0.303 e. The number of anilines is 1. The summed E-state index contributed by atoms with van der Waals surface area (Å²) in [6, 6.07) is 15.5. The van der Waals surface area contributed by atoms with E-state index in [-0.39, 0.29) is 42.7 Å². The van der Waals surface area contributed by atoms with Gasteiger partial charge in [-0.05, 0) is 55.5 Å². The number of hydrogen-bond acceptors (Lipinski definition) is 3.